The molecule has 0 spiro atoms. The molecule has 2 heterocycles. The van der Waals surface area contributed by atoms with Gasteiger partial charge in [0, 0.05) is 45.3 Å². The molecule has 3 aliphatic rings. The molecule has 0 bridgehead atoms. The first kappa shape index (κ1) is 16.1. The molecule has 1 N–H and O–H groups in total. The number of morpholine rings is 1. The summed E-state index contributed by atoms with van der Waals surface area (Å²) in [6.07, 6.45) is 9.36. The van der Waals surface area contributed by atoms with Crippen molar-refractivity contribution < 1.29 is 4.74 Å². The van der Waals surface area contributed by atoms with E-state index in [9.17, 15) is 0 Å². The molecular weight excluding hydrogens is 276 g/mol. The Morgan fingerprint density at radius 2 is 1.68 bits per heavy atom. The summed E-state index contributed by atoms with van der Waals surface area (Å²) < 4.78 is 5.57. The van der Waals surface area contributed by atoms with Gasteiger partial charge < -0.3 is 15.0 Å². The van der Waals surface area contributed by atoms with Gasteiger partial charge in [0.2, 0.25) is 0 Å². The Morgan fingerprint density at radius 3 is 2.32 bits per heavy atom. The van der Waals surface area contributed by atoms with Crippen molar-refractivity contribution in [1.82, 2.24) is 15.1 Å². The molecule has 22 heavy (non-hydrogen) atoms. The second-order valence-electron chi connectivity index (χ2n) is 6.98. The highest BCUT2D eigenvalue weighted by atomic mass is 16.5. The number of likely N-dealkylation sites (tertiary alicyclic amines) is 1. The third-order valence-electron chi connectivity index (χ3n) is 5.66. The molecule has 0 amide bonds. The number of aliphatic imine (C=N–C) groups is 1. The predicted octanol–water partition coefficient (Wildman–Crippen LogP) is 1.69. The van der Waals surface area contributed by atoms with Crippen molar-refractivity contribution in [2.45, 2.75) is 50.5 Å². The minimum absolute atomic E-state index is 0.317. The van der Waals surface area contributed by atoms with E-state index in [0.717, 1.165) is 51.9 Å². The number of hydrogen-bond acceptors (Lipinski definition) is 3. The van der Waals surface area contributed by atoms with Crippen LogP contribution in [0.3, 0.4) is 0 Å². The van der Waals surface area contributed by atoms with Crippen LogP contribution in [0, 0.1) is 0 Å². The van der Waals surface area contributed by atoms with Gasteiger partial charge in [0.05, 0.1) is 13.2 Å². The zero-order valence-corrected chi connectivity index (χ0v) is 14.1. The van der Waals surface area contributed by atoms with Crippen molar-refractivity contribution in [1.29, 1.82) is 0 Å². The summed E-state index contributed by atoms with van der Waals surface area (Å²) in [6.45, 7) is 7.31. The lowest BCUT2D eigenvalue weighted by Crippen LogP contribution is -2.60. The fraction of sp³-hybridized carbons (Fsp3) is 0.941. The molecule has 3 fully saturated rings. The number of guanidine groups is 1. The Kier molecular flexibility index (Phi) is 5.58. The van der Waals surface area contributed by atoms with Gasteiger partial charge in [0.25, 0.3) is 0 Å². The summed E-state index contributed by atoms with van der Waals surface area (Å²) in [6, 6.07) is 0. The highest BCUT2D eigenvalue weighted by Gasteiger charge is 2.38. The van der Waals surface area contributed by atoms with Gasteiger partial charge in [-0.25, -0.2) is 0 Å². The SMILES string of the molecule is CN=C(NCC1(N2CCOCC2)CCCCC1)N1CCCC1. The number of hydrogen-bond donors (Lipinski definition) is 1. The van der Waals surface area contributed by atoms with Crippen LogP contribution in [-0.2, 0) is 4.74 Å². The maximum Gasteiger partial charge on any atom is 0.193 e. The fourth-order valence-corrected chi connectivity index (χ4v) is 4.36. The maximum atomic E-state index is 5.57. The first-order valence-electron chi connectivity index (χ1n) is 9.12. The third kappa shape index (κ3) is 3.57. The average Bonchev–Trinajstić information content (AvgIpc) is 3.12. The first-order chi connectivity index (χ1) is 10.8. The van der Waals surface area contributed by atoms with Crippen molar-refractivity contribution in [2.75, 3.05) is 53.0 Å². The Bertz CT molecular complexity index is 367. The van der Waals surface area contributed by atoms with Crippen LogP contribution < -0.4 is 5.32 Å². The minimum atomic E-state index is 0.317. The molecule has 0 aromatic carbocycles. The van der Waals surface area contributed by atoms with E-state index in [0.29, 0.717) is 5.54 Å². The quantitative estimate of drug-likeness (QED) is 0.636. The molecule has 2 aliphatic heterocycles. The van der Waals surface area contributed by atoms with Crippen LogP contribution in [0.5, 0.6) is 0 Å². The van der Waals surface area contributed by atoms with Gasteiger partial charge in [-0.15, -0.1) is 0 Å². The fourth-order valence-electron chi connectivity index (χ4n) is 4.36. The Hall–Kier alpha value is -0.810. The maximum absolute atomic E-state index is 5.57. The summed E-state index contributed by atoms with van der Waals surface area (Å²) in [4.78, 5) is 9.63. The second kappa shape index (κ2) is 7.64. The van der Waals surface area contributed by atoms with E-state index >= 15 is 0 Å². The van der Waals surface area contributed by atoms with Crippen molar-refractivity contribution in [3.8, 4) is 0 Å². The molecule has 0 unspecified atom stereocenters. The monoisotopic (exact) mass is 308 g/mol. The van der Waals surface area contributed by atoms with Crippen LogP contribution in [0.15, 0.2) is 4.99 Å². The lowest BCUT2D eigenvalue weighted by molar-refractivity contribution is -0.0354. The summed E-state index contributed by atoms with van der Waals surface area (Å²) in [7, 11) is 1.92. The molecule has 5 heteroatoms. The summed E-state index contributed by atoms with van der Waals surface area (Å²) in [5, 5.41) is 3.71. The molecule has 126 valence electrons. The van der Waals surface area contributed by atoms with Crippen LogP contribution in [0.1, 0.15) is 44.9 Å². The van der Waals surface area contributed by atoms with Crippen molar-refractivity contribution >= 4 is 5.96 Å². The molecule has 0 aromatic heterocycles. The van der Waals surface area contributed by atoms with Crippen molar-refractivity contribution in [2.24, 2.45) is 4.99 Å². The molecular formula is C17H32N4O. The zero-order chi connectivity index (χ0) is 15.3. The molecule has 0 radical (unpaired) electrons. The normalized spacial score (nSPS) is 27.1. The lowest BCUT2D eigenvalue weighted by Gasteiger charge is -2.48. The standard InChI is InChI=1S/C17H32N4O/c1-18-16(20-9-5-6-10-20)19-15-17(7-3-2-4-8-17)21-11-13-22-14-12-21/h2-15H2,1H3,(H,18,19). The van der Waals surface area contributed by atoms with Gasteiger partial charge in [-0.05, 0) is 25.7 Å². The molecule has 3 rings (SSSR count). The Morgan fingerprint density at radius 1 is 1.00 bits per heavy atom. The van der Waals surface area contributed by atoms with Crippen LogP contribution >= 0.6 is 0 Å². The second-order valence-corrected chi connectivity index (χ2v) is 6.98. The van der Waals surface area contributed by atoms with Crippen LogP contribution in [0.2, 0.25) is 0 Å². The largest absolute Gasteiger partial charge is 0.379 e. The summed E-state index contributed by atoms with van der Waals surface area (Å²) >= 11 is 0. The molecule has 5 nitrogen and oxygen atoms in total. The van der Waals surface area contributed by atoms with Crippen molar-refractivity contribution in [3.05, 3.63) is 0 Å². The van der Waals surface area contributed by atoms with E-state index < -0.39 is 0 Å². The summed E-state index contributed by atoms with van der Waals surface area (Å²) in [5.41, 5.74) is 0.317. The molecule has 1 saturated carbocycles. The van der Waals surface area contributed by atoms with Crippen molar-refractivity contribution in [3.63, 3.8) is 0 Å². The number of nitrogens with zero attached hydrogens (tertiary/aromatic N) is 3. The smallest absolute Gasteiger partial charge is 0.193 e. The molecule has 0 atom stereocenters. The average molecular weight is 308 g/mol. The van der Waals surface area contributed by atoms with Gasteiger partial charge in [0.1, 0.15) is 0 Å². The Labute approximate surface area is 135 Å². The topological polar surface area (TPSA) is 40.1 Å². The molecule has 0 aromatic rings. The minimum Gasteiger partial charge on any atom is -0.379 e. The first-order valence-corrected chi connectivity index (χ1v) is 9.12. The molecule has 1 aliphatic carbocycles. The number of rotatable bonds is 3. The third-order valence-corrected chi connectivity index (χ3v) is 5.66. The number of nitrogens with one attached hydrogen (secondary N) is 1. The predicted molar refractivity (Wildman–Crippen MR) is 90.4 cm³/mol. The van der Waals surface area contributed by atoms with E-state index in [2.05, 4.69) is 20.1 Å². The van der Waals surface area contributed by atoms with E-state index in [4.69, 9.17) is 4.74 Å². The zero-order valence-electron chi connectivity index (χ0n) is 14.1. The lowest BCUT2D eigenvalue weighted by atomic mass is 9.80. The van der Waals surface area contributed by atoms with Gasteiger partial charge >= 0.3 is 0 Å². The van der Waals surface area contributed by atoms with Gasteiger partial charge in [-0.1, -0.05) is 19.3 Å². The van der Waals surface area contributed by atoms with Crippen LogP contribution in [0.4, 0.5) is 0 Å². The molecule has 2 saturated heterocycles. The number of ether oxygens (including phenoxy) is 1. The van der Waals surface area contributed by atoms with E-state index in [1.807, 2.05) is 7.05 Å². The van der Waals surface area contributed by atoms with Gasteiger partial charge in [-0.3, -0.25) is 9.89 Å². The van der Waals surface area contributed by atoms with E-state index in [-0.39, 0.29) is 0 Å². The van der Waals surface area contributed by atoms with Gasteiger partial charge in [0.15, 0.2) is 5.96 Å². The highest BCUT2D eigenvalue weighted by Crippen LogP contribution is 2.34. The van der Waals surface area contributed by atoms with E-state index in [1.54, 1.807) is 0 Å². The van der Waals surface area contributed by atoms with E-state index in [1.165, 1.54) is 44.9 Å². The van der Waals surface area contributed by atoms with Crippen LogP contribution in [-0.4, -0.2) is 74.3 Å². The van der Waals surface area contributed by atoms with Crippen LogP contribution in [0.25, 0.3) is 0 Å². The van der Waals surface area contributed by atoms with Gasteiger partial charge in [-0.2, -0.15) is 0 Å². The summed E-state index contributed by atoms with van der Waals surface area (Å²) in [5.74, 6) is 1.11. The Balaban J connectivity index is 1.64. The highest BCUT2D eigenvalue weighted by molar-refractivity contribution is 5.80.